The van der Waals surface area contributed by atoms with Gasteiger partial charge in [0.2, 0.25) is 5.91 Å². The number of alkyl halides is 3. The summed E-state index contributed by atoms with van der Waals surface area (Å²) in [5, 5.41) is 2.52. The van der Waals surface area contributed by atoms with Crippen molar-refractivity contribution >= 4 is 17.5 Å². The minimum Gasteiger partial charge on any atom is -0.381 e. The zero-order chi connectivity index (χ0) is 19.4. The molecule has 5 nitrogen and oxygen atoms in total. The zero-order valence-corrected chi connectivity index (χ0v) is 15.1. The Bertz CT molecular complexity index is 516. The highest BCUT2D eigenvalue weighted by atomic mass is 19.4. The molecular formula is C18H27F3N2O3. The standard InChI is InChI=1S/C18H27F3N2O3/c1-2-3-4-5-6-7-12-26-13-8-11-22-16(24)14-9-10-15(18(19,20)21)23-17(14)25/h9-10,14H,2-8,11-13H2,1H3,(H,22,24). The number of aliphatic imine (C=N–C) groups is 1. The summed E-state index contributed by atoms with van der Waals surface area (Å²) in [6.45, 7) is 3.64. The molecule has 0 saturated carbocycles. The molecule has 1 unspecified atom stereocenters. The number of amides is 2. The Kier molecular flexibility index (Phi) is 10.2. The van der Waals surface area contributed by atoms with Crippen LogP contribution in [0, 0.1) is 5.92 Å². The lowest BCUT2D eigenvalue weighted by Crippen LogP contribution is -2.37. The molecular weight excluding hydrogens is 349 g/mol. The van der Waals surface area contributed by atoms with Gasteiger partial charge in [0.25, 0.3) is 5.91 Å². The van der Waals surface area contributed by atoms with Crippen LogP contribution in [0.25, 0.3) is 0 Å². The quantitative estimate of drug-likeness (QED) is 0.418. The summed E-state index contributed by atoms with van der Waals surface area (Å²) in [6.07, 6.45) is 4.59. The number of hydrogen-bond acceptors (Lipinski definition) is 3. The van der Waals surface area contributed by atoms with Gasteiger partial charge in [-0.1, -0.05) is 45.1 Å². The number of rotatable bonds is 12. The third-order valence-corrected chi connectivity index (χ3v) is 3.92. The van der Waals surface area contributed by atoms with Crippen molar-refractivity contribution in [1.82, 2.24) is 5.32 Å². The van der Waals surface area contributed by atoms with Gasteiger partial charge in [-0.2, -0.15) is 13.2 Å². The summed E-state index contributed by atoms with van der Waals surface area (Å²) < 4.78 is 42.8. The fraction of sp³-hybridized carbons (Fsp3) is 0.722. The second-order valence-electron chi connectivity index (χ2n) is 6.19. The van der Waals surface area contributed by atoms with Crippen LogP contribution in [0.15, 0.2) is 17.1 Å². The van der Waals surface area contributed by atoms with E-state index in [1.165, 1.54) is 25.7 Å². The average Bonchev–Trinajstić information content (AvgIpc) is 2.58. The van der Waals surface area contributed by atoms with Crippen LogP contribution in [0.4, 0.5) is 13.2 Å². The van der Waals surface area contributed by atoms with Gasteiger partial charge in [-0.15, -0.1) is 0 Å². The summed E-state index contributed by atoms with van der Waals surface area (Å²) in [5.41, 5.74) is -1.28. The second-order valence-corrected chi connectivity index (χ2v) is 6.19. The molecule has 148 valence electrons. The van der Waals surface area contributed by atoms with Crippen LogP contribution in [0.3, 0.4) is 0 Å². The molecule has 0 aromatic rings. The van der Waals surface area contributed by atoms with Gasteiger partial charge in [0.05, 0.1) is 0 Å². The first kappa shape index (κ1) is 22.3. The monoisotopic (exact) mass is 376 g/mol. The smallest absolute Gasteiger partial charge is 0.381 e. The van der Waals surface area contributed by atoms with Gasteiger partial charge < -0.3 is 10.1 Å². The number of halogens is 3. The molecule has 0 spiro atoms. The van der Waals surface area contributed by atoms with Crippen molar-refractivity contribution in [2.24, 2.45) is 10.9 Å². The number of allylic oxidation sites excluding steroid dienone is 1. The maximum absolute atomic E-state index is 12.4. The Morgan fingerprint density at radius 2 is 1.81 bits per heavy atom. The summed E-state index contributed by atoms with van der Waals surface area (Å²) in [7, 11) is 0. The van der Waals surface area contributed by atoms with Crippen molar-refractivity contribution in [3.63, 3.8) is 0 Å². The van der Waals surface area contributed by atoms with Gasteiger partial charge in [-0.05, 0) is 18.9 Å². The van der Waals surface area contributed by atoms with Crippen molar-refractivity contribution < 1.29 is 27.5 Å². The van der Waals surface area contributed by atoms with Crippen LogP contribution < -0.4 is 5.32 Å². The van der Waals surface area contributed by atoms with E-state index in [1.54, 1.807) is 0 Å². The Morgan fingerprint density at radius 1 is 1.15 bits per heavy atom. The molecule has 8 heteroatoms. The minimum atomic E-state index is -4.69. The first-order chi connectivity index (χ1) is 12.4. The molecule has 1 aliphatic heterocycles. The first-order valence-electron chi connectivity index (χ1n) is 9.09. The Labute approximate surface area is 152 Å². The number of carbonyl (C=O) groups excluding carboxylic acids is 2. The van der Waals surface area contributed by atoms with Crippen molar-refractivity contribution in [2.75, 3.05) is 19.8 Å². The van der Waals surface area contributed by atoms with E-state index in [1.807, 2.05) is 0 Å². The maximum Gasteiger partial charge on any atom is 0.433 e. The SMILES string of the molecule is CCCCCCCCOCCCNC(=O)C1C=CC(C(F)(F)F)=NC1=O. The Hall–Kier alpha value is -1.70. The van der Waals surface area contributed by atoms with Crippen LogP contribution >= 0.6 is 0 Å². The number of carbonyl (C=O) groups is 2. The predicted molar refractivity (Wildman–Crippen MR) is 92.9 cm³/mol. The van der Waals surface area contributed by atoms with Gasteiger partial charge in [-0.25, -0.2) is 4.99 Å². The van der Waals surface area contributed by atoms with Crippen LogP contribution in [0.5, 0.6) is 0 Å². The predicted octanol–water partition coefficient (Wildman–Crippen LogP) is 3.59. The molecule has 1 N–H and O–H groups in total. The largest absolute Gasteiger partial charge is 0.433 e. The van der Waals surface area contributed by atoms with E-state index in [9.17, 15) is 22.8 Å². The molecule has 0 radical (unpaired) electrons. The highest BCUT2D eigenvalue weighted by Crippen LogP contribution is 2.22. The average molecular weight is 376 g/mol. The molecule has 0 aromatic heterocycles. The number of nitrogens with zero attached hydrogens (tertiary/aromatic N) is 1. The molecule has 0 aliphatic carbocycles. The number of hydrogen-bond donors (Lipinski definition) is 1. The minimum absolute atomic E-state index is 0.294. The van der Waals surface area contributed by atoms with Gasteiger partial charge in [-0.3, -0.25) is 9.59 Å². The van der Waals surface area contributed by atoms with Gasteiger partial charge in [0.1, 0.15) is 11.6 Å². The van der Waals surface area contributed by atoms with Gasteiger partial charge in [0.15, 0.2) is 0 Å². The van der Waals surface area contributed by atoms with Crippen molar-refractivity contribution in [3.05, 3.63) is 12.2 Å². The molecule has 0 fully saturated rings. The first-order valence-corrected chi connectivity index (χ1v) is 9.09. The lowest BCUT2D eigenvalue weighted by Gasteiger charge is -2.15. The fourth-order valence-electron chi connectivity index (χ4n) is 2.43. The highest BCUT2D eigenvalue weighted by Gasteiger charge is 2.38. The third-order valence-electron chi connectivity index (χ3n) is 3.92. The molecule has 2 amide bonds. The molecule has 0 aromatic carbocycles. The van der Waals surface area contributed by atoms with Crippen molar-refractivity contribution in [3.8, 4) is 0 Å². The van der Waals surface area contributed by atoms with Crippen LogP contribution in [-0.2, 0) is 14.3 Å². The van der Waals surface area contributed by atoms with Crippen molar-refractivity contribution in [1.29, 1.82) is 0 Å². The number of ether oxygens (including phenoxy) is 1. The number of nitrogens with one attached hydrogen (secondary N) is 1. The molecule has 1 atom stereocenters. The van der Waals surface area contributed by atoms with Crippen LogP contribution in [0.1, 0.15) is 51.9 Å². The maximum atomic E-state index is 12.4. The fourth-order valence-corrected chi connectivity index (χ4v) is 2.43. The normalized spacial score (nSPS) is 17.3. The molecule has 0 saturated heterocycles. The van der Waals surface area contributed by atoms with E-state index in [0.717, 1.165) is 18.9 Å². The Balaban J connectivity index is 2.10. The molecule has 0 bridgehead atoms. The third kappa shape index (κ3) is 8.60. The Morgan fingerprint density at radius 3 is 2.46 bits per heavy atom. The highest BCUT2D eigenvalue weighted by molar-refractivity contribution is 6.14. The summed E-state index contributed by atoms with van der Waals surface area (Å²) >= 11 is 0. The lowest BCUT2D eigenvalue weighted by molar-refractivity contribution is -0.131. The summed E-state index contributed by atoms with van der Waals surface area (Å²) in [5.74, 6) is -3.05. The van der Waals surface area contributed by atoms with E-state index in [-0.39, 0.29) is 0 Å². The lowest BCUT2D eigenvalue weighted by atomic mass is 10.0. The summed E-state index contributed by atoms with van der Waals surface area (Å²) in [6, 6.07) is 0. The zero-order valence-electron chi connectivity index (χ0n) is 15.1. The molecule has 1 heterocycles. The van der Waals surface area contributed by atoms with Gasteiger partial charge >= 0.3 is 6.18 Å². The molecule has 1 rings (SSSR count). The van der Waals surface area contributed by atoms with E-state index < -0.39 is 29.6 Å². The van der Waals surface area contributed by atoms with E-state index >= 15 is 0 Å². The van der Waals surface area contributed by atoms with Gasteiger partial charge in [0, 0.05) is 19.8 Å². The molecule has 26 heavy (non-hydrogen) atoms. The number of unbranched alkanes of at least 4 members (excludes halogenated alkanes) is 5. The van der Waals surface area contributed by atoms with E-state index in [0.29, 0.717) is 32.3 Å². The summed E-state index contributed by atoms with van der Waals surface area (Å²) in [4.78, 5) is 26.4. The molecule has 1 aliphatic rings. The van der Waals surface area contributed by atoms with E-state index in [4.69, 9.17) is 4.74 Å². The van der Waals surface area contributed by atoms with Crippen LogP contribution in [-0.4, -0.2) is 43.5 Å². The topological polar surface area (TPSA) is 67.8 Å². The van der Waals surface area contributed by atoms with E-state index in [2.05, 4.69) is 17.2 Å². The second kappa shape index (κ2) is 11.8. The van der Waals surface area contributed by atoms with Crippen LogP contribution in [0.2, 0.25) is 0 Å². The number of dihydropyridines is 1. The van der Waals surface area contributed by atoms with Crippen molar-refractivity contribution in [2.45, 2.75) is 58.0 Å².